The van der Waals surface area contributed by atoms with Gasteiger partial charge in [0, 0.05) is 5.38 Å². The first kappa shape index (κ1) is 16.7. The fourth-order valence-electron chi connectivity index (χ4n) is 2.44. The molecule has 0 spiro atoms. The van der Waals surface area contributed by atoms with E-state index in [1.165, 1.54) is 11.3 Å². The van der Waals surface area contributed by atoms with Gasteiger partial charge in [-0.1, -0.05) is 42.5 Å². The normalized spacial score (nSPS) is 11.8. The van der Waals surface area contributed by atoms with Gasteiger partial charge in [-0.3, -0.25) is 4.79 Å². The maximum absolute atomic E-state index is 12.6. The minimum Gasteiger partial charge on any atom is -0.497 e. The molecule has 2 aromatic carbocycles. The number of rotatable bonds is 5. The summed E-state index contributed by atoms with van der Waals surface area (Å²) in [6.07, 6.45) is 0. The van der Waals surface area contributed by atoms with Crippen LogP contribution in [0.25, 0.3) is 0 Å². The van der Waals surface area contributed by atoms with Crippen LogP contribution in [0.4, 0.5) is 0 Å². The predicted octanol–water partition coefficient (Wildman–Crippen LogP) is 5.04. The SMILES string of the molecule is COc1ccc(C(NC(=O)c2csc(Br)c2)c2ccccc2)cc1. The van der Waals surface area contributed by atoms with Crippen molar-refractivity contribution in [3.05, 3.63) is 86.5 Å². The van der Waals surface area contributed by atoms with E-state index in [4.69, 9.17) is 4.74 Å². The fourth-order valence-corrected chi connectivity index (χ4v) is 3.58. The van der Waals surface area contributed by atoms with Crippen LogP contribution in [0.15, 0.2) is 69.8 Å². The Balaban J connectivity index is 1.91. The molecule has 1 N–H and O–H groups in total. The summed E-state index contributed by atoms with van der Waals surface area (Å²) in [4.78, 5) is 12.6. The lowest BCUT2D eigenvalue weighted by Gasteiger charge is -2.20. The van der Waals surface area contributed by atoms with Gasteiger partial charge in [-0.05, 0) is 45.3 Å². The Morgan fingerprint density at radius 1 is 1.08 bits per heavy atom. The van der Waals surface area contributed by atoms with Crippen LogP contribution < -0.4 is 10.1 Å². The fraction of sp³-hybridized carbons (Fsp3) is 0.105. The quantitative estimate of drug-likeness (QED) is 0.650. The lowest BCUT2D eigenvalue weighted by atomic mass is 9.98. The second-order valence-electron chi connectivity index (χ2n) is 5.23. The Morgan fingerprint density at radius 2 is 1.75 bits per heavy atom. The summed E-state index contributed by atoms with van der Waals surface area (Å²) in [6.45, 7) is 0. The van der Waals surface area contributed by atoms with Crippen LogP contribution in [0, 0.1) is 0 Å². The van der Waals surface area contributed by atoms with Gasteiger partial charge in [0.1, 0.15) is 5.75 Å². The molecule has 0 fully saturated rings. The molecule has 0 bridgehead atoms. The van der Waals surface area contributed by atoms with Crippen molar-refractivity contribution in [2.75, 3.05) is 7.11 Å². The summed E-state index contributed by atoms with van der Waals surface area (Å²) in [7, 11) is 1.64. The van der Waals surface area contributed by atoms with Gasteiger partial charge >= 0.3 is 0 Å². The molecule has 3 rings (SSSR count). The summed E-state index contributed by atoms with van der Waals surface area (Å²) >= 11 is 4.89. The maximum Gasteiger partial charge on any atom is 0.252 e. The number of carbonyl (C=O) groups is 1. The van der Waals surface area contributed by atoms with Gasteiger partial charge < -0.3 is 10.1 Å². The molecule has 1 aromatic heterocycles. The third-order valence-electron chi connectivity index (χ3n) is 3.69. The number of amides is 1. The van der Waals surface area contributed by atoms with Crippen LogP contribution in [-0.4, -0.2) is 13.0 Å². The predicted molar refractivity (Wildman–Crippen MR) is 101 cm³/mol. The molecular weight excluding hydrogens is 386 g/mol. The van der Waals surface area contributed by atoms with Gasteiger partial charge in [-0.25, -0.2) is 0 Å². The summed E-state index contributed by atoms with van der Waals surface area (Å²) in [6, 6.07) is 19.3. The first-order valence-corrected chi connectivity index (χ1v) is 9.08. The summed E-state index contributed by atoms with van der Waals surface area (Å²) < 4.78 is 6.15. The average molecular weight is 402 g/mol. The highest BCUT2D eigenvalue weighted by atomic mass is 79.9. The Kier molecular flexibility index (Phi) is 5.33. The van der Waals surface area contributed by atoms with Crippen molar-refractivity contribution in [3.63, 3.8) is 0 Å². The second kappa shape index (κ2) is 7.64. The number of ether oxygens (including phenoxy) is 1. The van der Waals surface area contributed by atoms with E-state index in [2.05, 4.69) is 21.2 Å². The molecule has 0 aliphatic carbocycles. The van der Waals surface area contributed by atoms with E-state index in [1.54, 1.807) is 7.11 Å². The highest BCUT2D eigenvalue weighted by Crippen LogP contribution is 2.26. The molecule has 1 heterocycles. The number of hydrogen-bond acceptors (Lipinski definition) is 3. The van der Waals surface area contributed by atoms with Gasteiger partial charge in [0.15, 0.2) is 0 Å². The first-order valence-electron chi connectivity index (χ1n) is 7.41. The zero-order valence-electron chi connectivity index (χ0n) is 13.0. The molecule has 0 aliphatic heterocycles. The highest BCUT2D eigenvalue weighted by Gasteiger charge is 2.18. The number of carbonyl (C=O) groups excluding carboxylic acids is 1. The standard InChI is InChI=1S/C19H16BrNO2S/c1-23-16-9-7-14(8-10-16)18(13-5-3-2-4-6-13)21-19(22)15-11-17(20)24-12-15/h2-12,18H,1H3,(H,21,22). The molecule has 3 aromatic rings. The molecule has 5 heteroatoms. The molecule has 3 nitrogen and oxygen atoms in total. The van der Waals surface area contributed by atoms with E-state index < -0.39 is 0 Å². The van der Waals surface area contributed by atoms with E-state index in [0.717, 1.165) is 20.7 Å². The largest absolute Gasteiger partial charge is 0.497 e. The smallest absolute Gasteiger partial charge is 0.252 e. The molecular formula is C19H16BrNO2S. The topological polar surface area (TPSA) is 38.3 Å². The number of hydrogen-bond donors (Lipinski definition) is 1. The highest BCUT2D eigenvalue weighted by molar-refractivity contribution is 9.11. The third-order valence-corrected chi connectivity index (χ3v) is 5.19. The van der Waals surface area contributed by atoms with Crippen LogP contribution in [0.1, 0.15) is 27.5 Å². The number of halogens is 1. The molecule has 122 valence electrons. The zero-order chi connectivity index (χ0) is 16.9. The van der Waals surface area contributed by atoms with Crippen LogP contribution in [0.3, 0.4) is 0 Å². The van der Waals surface area contributed by atoms with Crippen molar-refractivity contribution in [3.8, 4) is 5.75 Å². The van der Waals surface area contributed by atoms with Crippen molar-refractivity contribution in [2.24, 2.45) is 0 Å². The van der Waals surface area contributed by atoms with Gasteiger partial charge in [0.25, 0.3) is 5.91 Å². The lowest BCUT2D eigenvalue weighted by molar-refractivity contribution is 0.0943. The maximum atomic E-state index is 12.6. The Morgan fingerprint density at radius 3 is 2.33 bits per heavy atom. The number of nitrogens with one attached hydrogen (secondary N) is 1. The van der Waals surface area contributed by atoms with Crippen LogP contribution >= 0.6 is 27.3 Å². The summed E-state index contributed by atoms with van der Waals surface area (Å²) in [5.41, 5.74) is 2.69. The van der Waals surface area contributed by atoms with Gasteiger partial charge in [-0.2, -0.15) is 0 Å². The molecule has 1 atom stereocenters. The molecule has 0 saturated heterocycles. The van der Waals surface area contributed by atoms with E-state index in [0.29, 0.717) is 5.56 Å². The van der Waals surface area contributed by atoms with Crippen LogP contribution in [0.2, 0.25) is 0 Å². The Hall–Kier alpha value is -2.11. The van der Waals surface area contributed by atoms with E-state index in [9.17, 15) is 4.79 Å². The van der Waals surface area contributed by atoms with Gasteiger partial charge in [0.2, 0.25) is 0 Å². The zero-order valence-corrected chi connectivity index (χ0v) is 15.4. The lowest BCUT2D eigenvalue weighted by Crippen LogP contribution is -2.29. The third kappa shape index (κ3) is 3.86. The van der Waals surface area contributed by atoms with E-state index >= 15 is 0 Å². The van der Waals surface area contributed by atoms with Crippen molar-refractivity contribution in [2.45, 2.75) is 6.04 Å². The Bertz CT molecular complexity index is 815. The summed E-state index contributed by atoms with van der Waals surface area (Å²) in [5.74, 6) is 0.695. The van der Waals surface area contributed by atoms with Gasteiger partial charge in [0.05, 0.1) is 22.5 Å². The summed E-state index contributed by atoms with van der Waals surface area (Å²) in [5, 5.41) is 4.97. The first-order chi connectivity index (χ1) is 11.7. The minimum atomic E-state index is -0.219. The molecule has 1 amide bonds. The number of methoxy groups -OCH3 is 1. The average Bonchev–Trinajstić information content (AvgIpc) is 3.07. The van der Waals surface area contributed by atoms with Gasteiger partial charge in [-0.15, -0.1) is 11.3 Å². The van der Waals surface area contributed by atoms with Crippen molar-refractivity contribution in [1.82, 2.24) is 5.32 Å². The van der Waals surface area contributed by atoms with Crippen LogP contribution in [-0.2, 0) is 0 Å². The molecule has 0 radical (unpaired) electrons. The van der Waals surface area contributed by atoms with Crippen molar-refractivity contribution in [1.29, 1.82) is 0 Å². The molecule has 0 aliphatic rings. The van der Waals surface area contributed by atoms with E-state index in [1.807, 2.05) is 66.0 Å². The van der Waals surface area contributed by atoms with Crippen molar-refractivity contribution < 1.29 is 9.53 Å². The van der Waals surface area contributed by atoms with Crippen molar-refractivity contribution >= 4 is 33.2 Å². The molecule has 1 unspecified atom stereocenters. The molecule has 0 saturated carbocycles. The molecule has 24 heavy (non-hydrogen) atoms. The van der Waals surface area contributed by atoms with Crippen LogP contribution in [0.5, 0.6) is 5.75 Å². The van der Waals surface area contributed by atoms with E-state index in [-0.39, 0.29) is 11.9 Å². The Labute approximate surface area is 153 Å². The minimum absolute atomic E-state index is 0.0957. The number of thiophene rings is 1. The number of benzene rings is 2. The second-order valence-corrected chi connectivity index (χ2v) is 7.52. The monoisotopic (exact) mass is 401 g/mol.